The van der Waals surface area contributed by atoms with Crippen molar-refractivity contribution in [1.82, 2.24) is 5.32 Å². The quantitative estimate of drug-likeness (QED) is 0.569. The van der Waals surface area contributed by atoms with E-state index in [4.69, 9.17) is 26.4 Å². The summed E-state index contributed by atoms with van der Waals surface area (Å²) in [6, 6.07) is 12.6. The van der Waals surface area contributed by atoms with E-state index in [1.807, 2.05) is 18.2 Å². The molecule has 0 bridgehead atoms. The number of carbonyl (C=O) groups is 1. The lowest BCUT2D eigenvalue weighted by molar-refractivity contribution is 0.0526. The van der Waals surface area contributed by atoms with Gasteiger partial charge in [0, 0.05) is 12.2 Å². The monoisotopic (exact) mass is 374 g/mol. The second kappa shape index (κ2) is 9.62. The van der Waals surface area contributed by atoms with Gasteiger partial charge in [-0.15, -0.1) is 0 Å². The standard InChI is InChI=1S/C19H22N2O4S/c1-4-25-18(22)14-6-8-15(9-7-14)21-19(26)20-12-13-5-10-16(23-2)17(11-13)24-3/h5-11H,4,12H2,1-3H3,(H2,20,21,26). The molecule has 2 N–H and O–H groups in total. The second-order valence-electron chi connectivity index (χ2n) is 5.29. The molecule has 7 heteroatoms. The Morgan fingerprint density at radius 1 is 1.04 bits per heavy atom. The first-order valence-corrected chi connectivity index (χ1v) is 8.51. The number of benzene rings is 2. The number of thiocarbonyl (C=S) groups is 1. The molecule has 0 saturated carbocycles. The number of ether oxygens (including phenoxy) is 3. The van der Waals surface area contributed by atoms with Gasteiger partial charge < -0.3 is 24.8 Å². The fourth-order valence-corrected chi connectivity index (χ4v) is 2.44. The van der Waals surface area contributed by atoms with Crippen molar-refractivity contribution < 1.29 is 19.0 Å². The third-order valence-corrected chi connectivity index (χ3v) is 3.80. The van der Waals surface area contributed by atoms with Crippen LogP contribution in [0.15, 0.2) is 42.5 Å². The lowest BCUT2D eigenvalue weighted by Gasteiger charge is -2.13. The third-order valence-electron chi connectivity index (χ3n) is 3.55. The number of nitrogens with one attached hydrogen (secondary N) is 2. The van der Waals surface area contributed by atoms with Crippen LogP contribution in [0, 0.1) is 0 Å². The van der Waals surface area contributed by atoms with E-state index in [1.54, 1.807) is 45.4 Å². The average molecular weight is 374 g/mol. The smallest absolute Gasteiger partial charge is 0.338 e. The lowest BCUT2D eigenvalue weighted by Crippen LogP contribution is -2.27. The van der Waals surface area contributed by atoms with Crippen LogP contribution in [0.2, 0.25) is 0 Å². The molecule has 0 aliphatic rings. The Morgan fingerprint density at radius 3 is 2.35 bits per heavy atom. The Labute approximate surface area is 158 Å². The Bertz CT molecular complexity index is 763. The van der Waals surface area contributed by atoms with E-state index in [2.05, 4.69) is 10.6 Å². The SMILES string of the molecule is CCOC(=O)c1ccc(NC(=S)NCc2ccc(OC)c(OC)c2)cc1. The maximum Gasteiger partial charge on any atom is 0.338 e. The van der Waals surface area contributed by atoms with Gasteiger partial charge in [-0.05, 0) is 61.1 Å². The van der Waals surface area contributed by atoms with Crippen molar-refractivity contribution >= 4 is 29.0 Å². The van der Waals surface area contributed by atoms with Crippen LogP contribution in [0.1, 0.15) is 22.8 Å². The topological polar surface area (TPSA) is 68.8 Å². The molecule has 0 radical (unpaired) electrons. The molecule has 0 atom stereocenters. The Balaban J connectivity index is 1.90. The fourth-order valence-electron chi connectivity index (χ4n) is 2.25. The molecule has 0 unspecified atom stereocenters. The second-order valence-corrected chi connectivity index (χ2v) is 5.70. The summed E-state index contributed by atoms with van der Waals surface area (Å²) in [4.78, 5) is 11.6. The number of hydrogen-bond donors (Lipinski definition) is 2. The van der Waals surface area contributed by atoms with Gasteiger partial charge in [0.15, 0.2) is 16.6 Å². The Kier molecular flexibility index (Phi) is 7.23. The van der Waals surface area contributed by atoms with Gasteiger partial charge >= 0.3 is 5.97 Å². The summed E-state index contributed by atoms with van der Waals surface area (Å²) in [6.45, 7) is 2.66. The van der Waals surface area contributed by atoms with Crippen LogP contribution in [0.5, 0.6) is 11.5 Å². The van der Waals surface area contributed by atoms with Gasteiger partial charge in [0.05, 0.1) is 26.4 Å². The molecule has 138 valence electrons. The molecule has 0 amide bonds. The largest absolute Gasteiger partial charge is 0.493 e. The van der Waals surface area contributed by atoms with E-state index in [9.17, 15) is 4.79 Å². The highest BCUT2D eigenvalue weighted by Gasteiger charge is 2.07. The van der Waals surface area contributed by atoms with Crippen molar-refractivity contribution in [3.8, 4) is 11.5 Å². The minimum absolute atomic E-state index is 0.340. The molecular weight excluding hydrogens is 352 g/mol. The van der Waals surface area contributed by atoms with Gasteiger partial charge in [0.1, 0.15) is 0 Å². The Hall–Kier alpha value is -2.80. The third kappa shape index (κ3) is 5.35. The van der Waals surface area contributed by atoms with Crippen LogP contribution >= 0.6 is 12.2 Å². The van der Waals surface area contributed by atoms with Crippen molar-refractivity contribution in [2.75, 3.05) is 26.1 Å². The van der Waals surface area contributed by atoms with Gasteiger partial charge in [0.25, 0.3) is 0 Å². The molecule has 2 rings (SSSR count). The Morgan fingerprint density at radius 2 is 1.73 bits per heavy atom. The number of esters is 1. The minimum atomic E-state index is -0.340. The predicted octanol–water partition coefficient (Wildman–Crippen LogP) is 3.37. The van der Waals surface area contributed by atoms with Crippen molar-refractivity contribution in [2.24, 2.45) is 0 Å². The molecular formula is C19H22N2O4S. The summed E-state index contributed by atoms with van der Waals surface area (Å²) in [7, 11) is 3.20. The van der Waals surface area contributed by atoms with Crippen LogP contribution in [0.4, 0.5) is 5.69 Å². The summed E-state index contributed by atoms with van der Waals surface area (Å²) in [5.74, 6) is 1.01. The van der Waals surface area contributed by atoms with E-state index >= 15 is 0 Å². The minimum Gasteiger partial charge on any atom is -0.493 e. The van der Waals surface area contributed by atoms with E-state index in [1.165, 1.54) is 0 Å². The number of rotatable bonds is 7. The highest BCUT2D eigenvalue weighted by molar-refractivity contribution is 7.80. The van der Waals surface area contributed by atoms with Crippen LogP contribution < -0.4 is 20.1 Å². The van der Waals surface area contributed by atoms with Crippen LogP contribution in [0.3, 0.4) is 0 Å². The van der Waals surface area contributed by atoms with Gasteiger partial charge in [-0.3, -0.25) is 0 Å². The molecule has 0 aliphatic heterocycles. The van der Waals surface area contributed by atoms with Crippen molar-refractivity contribution in [3.63, 3.8) is 0 Å². The first-order chi connectivity index (χ1) is 12.6. The van der Waals surface area contributed by atoms with Gasteiger partial charge in [-0.2, -0.15) is 0 Å². The zero-order chi connectivity index (χ0) is 18.9. The maximum absolute atomic E-state index is 11.6. The van der Waals surface area contributed by atoms with Gasteiger partial charge in [-0.1, -0.05) is 6.07 Å². The van der Waals surface area contributed by atoms with Crippen LogP contribution in [-0.4, -0.2) is 31.9 Å². The molecule has 0 spiro atoms. The zero-order valence-corrected chi connectivity index (χ0v) is 15.8. The van der Waals surface area contributed by atoms with Crippen molar-refractivity contribution in [2.45, 2.75) is 13.5 Å². The molecule has 2 aromatic carbocycles. The molecule has 0 heterocycles. The van der Waals surface area contributed by atoms with E-state index in [0.29, 0.717) is 35.3 Å². The molecule has 0 aliphatic carbocycles. The molecule has 0 aromatic heterocycles. The average Bonchev–Trinajstić information content (AvgIpc) is 2.66. The summed E-state index contributed by atoms with van der Waals surface area (Å²) in [5.41, 5.74) is 2.29. The molecule has 0 fully saturated rings. The highest BCUT2D eigenvalue weighted by Crippen LogP contribution is 2.27. The summed E-state index contributed by atoms with van der Waals surface area (Å²) >= 11 is 5.30. The first-order valence-electron chi connectivity index (χ1n) is 8.10. The summed E-state index contributed by atoms with van der Waals surface area (Å²) < 4.78 is 15.5. The maximum atomic E-state index is 11.6. The number of hydrogen-bond acceptors (Lipinski definition) is 5. The molecule has 6 nitrogen and oxygen atoms in total. The lowest BCUT2D eigenvalue weighted by atomic mass is 10.2. The molecule has 2 aromatic rings. The van der Waals surface area contributed by atoms with Crippen molar-refractivity contribution in [3.05, 3.63) is 53.6 Å². The van der Waals surface area contributed by atoms with Crippen LogP contribution in [-0.2, 0) is 11.3 Å². The zero-order valence-electron chi connectivity index (χ0n) is 15.0. The van der Waals surface area contributed by atoms with E-state index < -0.39 is 0 Å². The first kappa shape index (κ1) is 19.5. The molecule has 0 saturated heterocycles. The van der Waals surface area contributed by atoms with Gasteiger partial charge in [0.2, 0.25) is 0 Å². The highest BCUT2D eigenvalue weighted by atomic mass is 32.1. The number of methoxy groups -OCH3 is 2. The van der Waals surface area contributed by atoms with Gasteiger partial charge in [-0.25, -0.2) is 4.79 Å². The fraction of sp³-hybridized carbons (Fsp3) is 0.263. The predicted molar refractivity (Wildman–Crippen MR) is 105 cm³/mol. The van der Waals surface area contributed by atoms with Crippen molar-refractivity contribution in [1.29, 1.82) is 0 Å². The summed E-state index contributed by atoms with van der Waals surface area (Å²) in [5, 5.41) is 6.68. The number of anilines is 1. The molecule has 26 heavy (non-hydrogen) atoms. The number of carbonyl (C=O) groups excluding carboxylic acids is 1. The normalized spacial score (nSPS) is 9.96. The van der Waals surface area contributed by atoms with Crippen LogP contribution in [0.25, 0.3) is 0 Å². The summed E-state index contributed by atoms with van der Waals surface area (Å²) in [6.07, 6.45) is 0. The van der Waals surface area contributed by atoms with E-state index in [-0.39, 0.29) is 5.97 Å². The van der Waals surface area contributed by atoms with E-state index in [0.717, 1.165) is 11.3 Å².